The SMILES string of the molecule is O=C(O)Cc1ccc(NC(=O)c2cccn2Cc2ccccc2)cc1. The highest BCUT2D eigenvalue weighted by atomic mass is 16.4. The number of carbonyl (C=O) groups is 2. The van der Waals surface area contributed by atoms with Gasteiger partial charge in [-0.2, -0.15) is 0 Å². The van der Waals surface area contributed by atoms with Crippen LogP contribution in [0.5, 0.6) is 0 Å². The number of rotatable bonds is 6. The maximum absolute atomic E-state index is 12.5. The summed E-state index contributed by atoms with van der Waals surface area (Å²) in [5.74, 6) is -1.08. The third-order valence-electron chi connectivity index (χ3n) is 3.83. The molecule has 0 bridgehead atoms. The summed E-state index contributed by atoms with van der Waals surface area (Å²) in [7, 11) is 0. The predicted octanol–water partition coefficient (Wildman–Crippen LogP) is 3.42. The average molecular weight is 334 g/mol. The van der Waals surface area contributed by atoms with Gasteiger partial charge < -0.3 is 15.0 Å². The Balaban J connectivity index is 1.70. The van der Waals surface area contributed by atoms with E-state index in [0.29, 0.717) is 23.5 Å². The second kappa shape index (κ2) is 7.49. The molecular weight excluding hydrogens is 316 g/mol. The van der Waals surface area contributed by atoms with Gasteiger partial charge in [-0.15, -0.1) is 0 Å². The fourth-order valence-electron chi connectivity index (χ4n) is 2.61. The highest BCUT2D eigenvalue weighted by Gasteiger charge is 2.11. The van der Waals surface area contributed by atoms with Crippen LogP contribution in [-0.2, 0) is 17.8 Å². The van der Waals surface area contributed by atoms with Crippen molar-refractivity contribution in [1.82, 2.24) is 4.57 Å². The zero-order valence-electron chi connectivity index (χ0n) is 13.6. The van der Waals surface area contributed by atoms with Crippen LogP contribution in [0.25, 0.3) is 0 Å². The maximum Gasteiger partial charge on any atom is 0.307 e. The Morgan fingerprint density at radius 2 is 1.60 bits per heavy atom. The Bertz CT molecular complexity index is 867. The van der Waals surface area contributed by atoms with Crippen LogP contribution in [0.4, 0.5) is 5.69 Å². The molecule has 1 amide bonds. The van der Waals surface area contributed by atoms with E-state index >= 15 is 0 Å². The monoisotopic (exact) mass is 334 g/mol. The largest absolute Gasteiger partial charge is 0.481 e. The number of amides is 1. The van der Waals surface area contributed by atoms with Crippen LogP contribution in [0, 0.1) is 0 Å². The predicted molar refractivity (Wildman–Crippen MR) is 95.7 cm³/mol. The molecule has 5 heteroatoms. The molecule has 1 heterocycles. The van der Waals surface area contributed by atoms with Gasteiger partial charge in [0.05, 0.1) is 6.42 Å². The third kappa shape index (κ3) is 4.35. The number of hydrogen-bond donors (Lipinski definition) is 2. The molecule has 0 fully saturated rings. The van der Waals surface area contributed by atoms with E-state index in [1.807, 2.05) is 47.2 Å². The van der Waals surface area contributed by atoms with Gasteiger partial charge in [0.25, 0.3) is 5.91 Å². The van der Waals surface area contributed by atoms with Crippen molar-refractivity contribution < 1.29 is 14.7 Å². The minimum atomic E-state index is -0.879. The molecule has 0 saturated carbocycles. The summed E-state index contributed by atoms with van der Waals surface area (Å²) in [5.41, 5.74) is 3.01. The quantitative estimate of drug-likeness (QED) is 0.725. The van der Waals surface area contributed by atoms with Crippen LogP contribution in [0.15, 0.2) is 72.9 Å². The standard InChI is InChI=1S/C20H18N2O3/c23-19(24)13-15-8-10-17(11-9-15)21-20(25)18-7-4-12-22(18)14-16-5-2-1-3-6-16/h1-12H,13-14H2,(H,21,25)(H,23,24). The fraction of sp³-hybridized carbons (Fsp3) is 0.100. The van der Waals surface area contributed by atoms with Crippen LogP contribution in [0.2, 0.25) is 0 Å². The number of nitrogens with zero attached hydrogens (tertiary/aromatic N) is 1. The summed E-state index contributed by atoms with van der Waals surface area (Å²) in [5, 5.41) is 11.6. The van der Waals surface area contributed by atoms with E-state index in [9.17, 15) is 9.59 Å². The normalized spacial score (nSPS) is 10.4. The molecule has 3 aromatic rings. The first-order valence-electron chi connectivity index (χ1n) is 7.93. The highest BCUT2D eigenvalue weighted by Crippen LogP contribution is 2.13. The second-order valence-electron chi connectivity index (χ2n) is 5.73. The minimum absolute atomic E-state index is 0.0336. The van der Waals surface area contributed by atoms with Crippen molar-refractivity contribution in [2.45, 2.75) is 13.0 Å². The van der Waals surface area contributed by atoms with Crippen molar-refractivity contribution in [2.24, 2.45) is 0 Å². The molecule has 0 unspecified atom stereocenters. The van der Waals surface area contributed by atoms with E-state index in [1.165, 1.54) is 0 Å². The summed E-state index contributed by atoms with van der Waals surface area (Å²) in [6.45, 7) is 0.619. The lowest BCUT2D eigenvalue weighted by molar-refractivity contribution is -0.136. The van der Waals surface area contributed by atoms with E-state index < -0.39 is 5.97 Å². The van der Waals surface area contributed by atoms with Crippen molar-refractivity contribution in [3.8, 4) is 0 Å². The highest BCUT2D eigenvalue weighted by molar-refractivity contribution is 6.03. The van der Waals surface area contributed by atoms with Crippen LogP contribution in [0.1, 0.15) is 21.6 Å². The van der Waals surface area contributed by atoms with Crippen molar-refractivity contribution in [2.75, 3.05) is 5.32 Å². The van der Waals surface area contributed by atoms with E-state index in [-0.39, 0.29) is 12.3 Å². The average Bonchev–Trinajstić information content (AvgIpc) is 3.05. The first-order valence-corrected chi connectivity index (χ1v) is 7.93. The van der Waals surface area contributed by atoms with Gasteiger partial charge in [-0.1, -0.05) is 42.5 Å². The first-order chi connectivity index (χ1) is 12.1. The molecule has 2 N–H and O–H groups in total. The molecular formula is C20H18N2O3. The Morgan fingerprint density at radius 3 is 2.28 bits per heavy atom. The molecule has 1 aromatic heterocycles. The van der Waals surface area contributed by atoms with Gasteiger partial charge in [0, 0.05) is 18.4 Å². The van der Waals surface area contributed by atoms with Crippen molar-refractivity contribution in [3.63, 3.8) is 0 Å². The lowest BCUT2D eigenvalue weighted by Crippen LogP contribution is -2.17. The number of carboxylic acid groups (broad SMARTS) is 1. The van der Waals surface area contributed by atoms with E-state index in [1.54, 1.807) is 30.3 Å². The van der Waals surface area contributed by atoms with Crippen LogP contribution < -0.4 is 5.32 Å². The Hall–Kier alpha value is -3.34. The molecule has 126 valence electrons. The topological polar surface area (TPSA) is 71.3 Å². The minimum Gasteiger partial charge on any atom is -0.481 e. The number of nitrogens with one attached hydrogen (secondary N) is 1. The summed E-state index contributed by atoms with van der Waals surface area (Å²) >= 11 is 0. The van der Waals surface area contributed by atoms with Crippen LogP contribution in [0.3, 0.4) is 0 Å². The number of carbonyl (C=O) groups excluding carboxylic acids is 1. The maximum atomic E-state index is 12.5. The second-order valence-corrected chi connectivity index (χ2v) is 5.73. The number of aliphatic carboxylic acids is 1. The molecule has 2 aromatic carbocycles. The van der Waals surface area contributed by atoms with Crippen LogP contribution >= 0.6 is 0 Å². The summed E-state index contributed by atoms with van der Waals surface area (Å²) in [4.78, 5) is 23.2. The lowest BCUT2D eigenvalue weighted by atomic mass is 10.1. The van der Waals surface area contributed by atoms with E-state index in [0.717, 1.165) is 5.56 Å². The van der Waals surface area contributed by atoms with Gasteiger partial charge in [0.15, 0.2) is 0 Å². The molecule has 0 aliphatic rings. The van der Waals surface area contributed by atoms with E-state index in [4.69, 9.17) is 5.11 Å². The molecule has 3 rings (SSSR count). The van der Waals surface area contributed by atoms with E-state index in [2.05, 4.69) is 5.32 Å². The van der Waals surface area contributed by atoms with Crippen molar-refractivity contribution in [3.05, 3.63) is 89.7 Å². The van der Waals surface area contributed by atoms with Gasteiger partial charge >= 0.3 is 5.97 Å². The number of carboxylic acids is 1. The van der Waals surface area contributed by atoms with Gasteiger partial charge in [-0.05, 0) is 35.4 Å². The zero-order chi connectivity index (χ0) is 17.6. The fourth-order valence-corrected chi connectivity index (χ4v) is 2.61. The summed E-state index contributed by atoms with van der Waals surface area (Å²) in [6.07, 6.45) is 1.84. The van der Waals surface area contributed by atoms with Crippen LogP contribution in [-0.4, -0.2) is 21.6 Å². The summed E-state index contributed by atoms with van der Waals surface area (Å²) in [6, 6.07) is 20.4. The number of hydrogen-bond acceptors (Lipinski definition) is 2. The smallest absolute Gasteiger partial charge is 0.307 e. The number of aromatic nitrogens is 1. The molecule has 0 atom stereocenters. The van der Waals surface area contributed by atoms with Gasteiger partial charge in [0.2, 0.25) is 0 Å². The van der Waals surface area contributed by atoms with Crippen molar-refractivity contribution in [1.29, 1.82) is 0 Å². The molecule has 25 heavy (non-hydrogen) atoms. The Kier molecular flexibility index (Phi) is 4.95. The number of benzene rings is 2. The Morgan fingerprint density at radius 1 is 0.880 bits per heavy atom. The lowest BCUT2D eigenvalue weighted by Gasteiger charge is -2.10. The molecule has 0 saturated heterocycles. The molecule has 0 aliphatic heterocycles. The number of anilines is 1. The molecule has 5 nitrogen and oxygen atoms in total. The molecule has 0 aliphatic carbocycles. The van der Waals surface area contributed by atoms with Gasteiger partial charge in [-0.25, -0.2) is 0 Å². The molecule has 0 spiro atoms. The third-order valence-corrected chi connectivity index (χ3v) is 3.83. The summed E-state index contributed by atoms with van der Waals surface area (Å²) < 4.78 is 1.89. The zero-order valence-corrected chi connectivity index (χ0v) is 13.6. The van der Waals surface area contributed by atoms with Crippen molar-refractivity contribution >= 4 is 17.6 Å². The van der Waals surface area contributed by atoms with Gasteiger partial charge in [-0.3, -0.25) is 9.59 Å². The Labute approximate surface area is 145 Å². The first kappa shape index (κ1) is 16.5. The van der Waals surface area contributed by atoms with Gasteiger partial charge in [0.1, 0.15) is 5.69 Å². The molecule has 0 radical (unpaired) electrons.